The molecule has 1 aliphatic heterocycles. The Hall–Kier alpha value is -3.81. The minimum absolute atomic E-state index is 0.174. The number of carbonyl (C=O) groups excluding carboxylic acids is 3. The number of nitrogens with one attached hydrogen (secondary N) is 2. The summed E-state index contributed by atoms with van der Waals surface area (Å²) in [6.07, 6.45) is 2.78. The van der Waals surface area contributed by atoms with Gasteiger partial charge in [-0.1, -0.05) is 12.1 Å². The number of carbonyl (C=O) groups is 3. The van der Waals surface area contributed by atoms with Crippen molar-refractivity contribution >= 4 is 35.2 Å². The van der Waals surface area contributed by atoms with Crippen molar-refractivity contribution in [1.29, 1.82) is 0 Å². The van der Waals surface area contributed by atoms with Gasteiger partial charge in [-0.15, -0.1) is 0 Å². The van der Waals surface area contributed by atoms with Crippen molar-refractivity contribution in [2.75, 3.05) is 24.0 Å². The molecule has 0 aliphatic carbocycles. The lowest BCUT2D eigenvalue weighted by Crippen LogP contribution is -2.20. The molecule has 144 valence electrons. The molecule has 3 rings (SSSR count). The SMILES string of the molecule is CC(=O)Nc1cccc(NC(=O)COC(=O)/C=C/c2ccc3c(c2)OCO3)c1. The summed E-state index contributed by atoms with van der Waals surface area (Å²) < 4.78 is 15.4. The summed E-state index contributed by atoms with van der Waals surface area (Å²) in [5, 5.41) is 5.21. The van der Waals surface area contributed by atoms with Crippen LogP contribution in [0.25, 0.3) is 6.08 Å². The molecule has 8 nitrogen and oxygen atoms in total. The molecule has 2 aromatic carbocycles. The second-order valence-electron chi connectivity index (χ2n) is 5.86. The van der Waals surface area contributed by atoms with E-state index in [1.165, 1.54) is 13.0 Å². The smallest absolute Gasteiger partial charge is 0.331 e. The molecule has 2 N–H and O–H groups in total. The summed E-state index contributed by atoms with van der Waals surface area (Å²) in [5.74, 6) is -0.105. The largest absolute Gasteiger partial charge is 0.454 e. The Morgan fingerprint density at radius 1 is 1.04 bits per heavy atom. The lowest BCUT2D eigenvalue weighted by Gasteiger charge is -2.08. The summed E-state index contributed by atoms with van der Waals surface area (Å²) in [5.41, 5.74) is 1.76. The highest BCUT2D eigenvalue weighted by atomic mass is 16.7. The first kappa shape index (κ1) is 19.0. The van der Waals surface area contributed by atoms with Gasteiger partial charge in [0.15, 0.2) is 18.1 Å². The van der Waals surface area contributed by atoms with Crippen molar-refractivity contribution in [3.63, 3.8) is 0 Å². The van der Waals surface area contributed by atoms with E-state index in [0.29, 0.717) is 22.9 Å². The van der Waals surface area contributed by atoms with E-state index in [1.807, 2.05) is 0 Å². The first-order valence-corrected chi connectivity index (χ1v) is 8.41. The molecule has 1 aliphatic rings. The molecule has 0 radical (unpaired) electrons. The van der Waals surface area contributed by atoms with Gasteiger partial charge in [0.2, 0.25) is 12.7 Å². The first-order chi connectivity index (χ1) is 13.5. The van der Waals surface area contributed by atoms with Gasteiger partial charge in [0, 0.05) is 24.4 Å². The van der Waals surface area contributed by atoms with Crippen molar-refractivity contribution in [3.05, 3.63) is 54.1 Å². The van der Waals surface area contributed by atoms with Crippen LogP contribution in [0.5, 0.6) is 11.5 Å². The van der Waals surface area contributed by atoms with Crippen molar-refractivity contribution in [2.45, 2.75) is 6.92 Å². The molecule has 0 bridgehead atoms. The van der Waals surface area contributed by atoms with Crippen LogP contribution >= 0.6 is 0 Å². The summed E-state index contributed by atoms with van der Waals surface area (Å²) in [6, 6.07) is 11.9. The average molecular weight is 382 g/mol. The molecule has 0 saturated carbocycles. The van der Waals surface area contributed by atoms with E-state index in [1.54, 1.807) is 48.5 Å². The summed E-state index contributed by atoms with van der Waals surface area (Å²) in [6.45, 7) is 1.13. The molecule has 0 atom stereocenters. The lowest BCUT2D eigenvalue weighted by molar-refractivity contribution is -0.142. The van der Waals surface area contributed by atoms with E-state index < -0.39 is 18.5 Å². The maximum absolute atomic E-state index is 11.9. The molecule has 28 heavy (non-hydrogen) atoms. The van der Waals surface area contributed by atoms with Crippen LogP contribution in [0.2, 0.25) is 0 Å². The van der Waals surface area contributed by atoms with Crippen LogP contribution in [-0.2, 0) is 19.1 Å². The van der Waals surface area contributed by atoms with Crippen molar-refractivity contribution < 1.29 is 28.6 Å². The molecule has 2 amide bonds. The Labute approximate surface area is 161 Å². The number of hydrogen-bond acceptors (Lipinski definition) is 6. The number of fused-ring (bicyclic) bond motifs is 1. The lowest BCUT2D eigenvalue weighted by atomic mass is 10.2. The highest BCUT2D eigenvalue weighted by molar-refractivity contribution is 5.95. The Kier molecular flexibility index (Phi) is 5.91. The first-order valence-electron chi connectivity index (χ1n) is 8.41. The summed E-state index contributed by atoms with van der Waals surface area (Å²) in [7, 11) is 0. The van der Waals surface area contributed by atoms with Gasteiger partial charge in [-0.25, -0.2) is 4.79 Å². The number of benzene rings is 2. The predicted octanol–water partition coefficient (Wildman–Crippen LogP) is 2.57. The van der Waals surface area contributed by atoms with Crippen LogP contribution in [0.4, 0.5) is 11.4 Å². The molecular weight excluding hydrogens is 364 g/mol. The third-order valence-corrected chi connectivity index (χ3v) is 3.62. The highest BCUT2D eigenvalue weighted by Crippen LogP contribution is 2.32. The Morgan fingerprint density at radius 3 is 2.57 bits per heavy atom. The van der Waals surface area contributed by atoms with E-state index in [2.05, 4.69) is 10.6 Å². The van der Waals surface area contributed by atoms with Gasteiger partial charge in [0.25, 0.3) is 5.91 Å². The minimum atomic E-state index is -0.653. The van der Waals surface area contributed by atoms with Crippen LogP contribution in [0.1, 0.15) is 12.5 Å². The van der Waals surface area contributed by atoms with Crippen molar-refractivity contribution in [3.8, 4) is 11.5 Å². The number of ether oxygens (including phenoxy) is 3. The summed E-state index contributed by atoms with van der Waals surface area (Å²) in [4.78, 5) is 34.8. The zero-order chi connectivity index (χ0) is 19.9. The van der Waals surface area contributed by atoms with E-state index in [0.717, 1.165) is 5.56 Å². The fourth-order valence-electron chi connectivity index (χ4n) is 2.44. The van der Waals surface area contributed by atoms with Gasteiger partial charge in [-0.3, -0.25) is 9.59 Å². The van der Waals surface area contributed by atoms with Crippen molar-refractivity contribution in [1.82, 2.24) is 0 Å². The highest BCUT2D eigenvalue weighted by Gasteiger charge is 2.12. The molecule has 1 heterocycles. The Balaban J connectivity index is 1.47. The fourth-order valence-corrected chi connectivity index (χ4v) is 2.44. The van der Waals surface area contributed by atoms with Crippen molar-refractivity contribution in [2.24, 2.45) is 0 Å². The Morgan fingerprint density at radius 2 is 1.79 bits per heavy atom. The second-order valence-corrected chi connectivity index (χ2v) is 5.86. The van der Waals surface area contributed by atoms with Gasteiger partial charge in [-0.2, -0.15) is 0 Å². The second kappa shape index (κ2) is 8.72. The topological polar surface area (TPSA) is 103 Å². The number of esters is 1. The van der Waals surface area contributed by atoms with E-state index >= 15 is 0 Å². The molecular formula is C20H18N2O6. The van der Waals surface area contributed by atoms with Gasteiger partial charge in [-0.05, 0) is 42.0 Å². The third kappa shape index (κ3) is 5.34. The van der Waals surface area contributed by atoms with E-state index in [9.17, 15) is 14.4 Å². The molecule has 0 aromatic heterocycles. The quantitative estimate of drug-likeness (QED) is 0.588. The number of amides is 2. The number of rotatable bonds is 6. The molecule has 8 heteroatoms. The zero-order valence-corrected chi connectivity index (χ0v) is 15.1. The van der Waals surface area contributed by atoms with Crippen LogP contribution < -0.4 is 20.1 Å². The molecule has 0 spiro atoms. The van der Waals surface area contributed by atoms with Gasteiger partial charge in [0.1, 0.15) is 0 Å². The van der Waals surface area contributed by atoms with E-state index in [-0.39, 0.29) is 12.7 Å². The van der Waals surface area contributed by atoms with Crippen LogP contribution in [0.3, 0.4) is 0 Å². The molecule has 0 unspecified atom stereocenters. The van der Waals surface area contributed by atoms with Crippen LogP contribution in [0, 0.1) is 0 Å². The molecule has 0 saturated heterocycles. The predicted molar refractivity (Wildman–Crippen MR) is 102 cm³/mol. The summed E-state index contributed by atoms with van der Waals surface area (Å²) >= 11 is 0. The maximum atomic E-state index is 11.9. The van der Waals surface area contributed by atoms with Gasteiger partial charge < -0.3 is 24.8 Å². The normalized spacial score (nSPS) is 11.9. The maximum Gasteiger partial charge on any atom is 0.331 e. The van der Waals surface area contributed by atoms with Gasteiger partial charge in [0.05, 0.1) is 0 Å². The van der Waals surface area contributed by atoms with Crippen LogP contribution in [-0.4, -0.2) is 31.2 Å². The van der Waals surface area contributed by atoms with Gasteiger partial charge >= 0.3 is 5.97 Å². The fraction of sp³-hybridized carbons (Fsp3) is 0.150. The third-order valence-electron chi connectivity index (χ3n) is 3.62. The standard InChI is InChI=1S/C20H18N2O6/c1-13(23)21-15-3-2-4-16(10-15)22-19(24)11-26-20(25)8-6-14-5-7-17-18(9-14)28-12-27-17/h2-10H,11-12H2,1H3,(H,21,23)(H,22,24)/b8-6+. The zero-order valence-electron chi connectivity index (χ0n) is 15.1. The minimum Gasteiger partial charge on any atom is -0.454 e. The number of anilines is 2. The van der Waals surface area contributed by atoms with Crippen LogP contribution in [0.15, 0.2) is 48.5 Å². The Bertz CT molecular complexity index is 938. The molecule has 0 fully saturated rings. The number of hydrogen-bond donors (Lipinski definition) is 2. The monoisotopic (exact) mass is 382 g/mol. The molecule has 2 aromatic rings. The van der Waals surface area contributed by atoms with E-state index in [4.69, 9.17) is 14.2 Å². The average Bonchev–Trinajstić information content (AvgIpc) is 3.12.